The van der Waals surface area contributed by atoms with E-state index in [1.165, 1.54) is 32.1 Å². The van der Waals surface area contributed by atoms with Crippen molar-refractivity contribution in [3.63, 3.8) is 0 Å². The Labute approximate surface area is 143 Å². The lowest BCUT2D eigenvalue weighted by atomic mass is 9.79. The van der Waals surface area contributed by atoms with E-state index in [0.29, 0.717) is 6.54 Å². The van der Waals surface area contributed by atoms with Crippen LogP contribution in [0, 0.1) is 0 Å². The van der Waals surface area contributed by atoms with Gasteiger partial charge in [0.1, 0.15) is 5.54 Å². The highest BCUT2D eigenvalue weighted by atomic mass is 16.2. The molecule has 128 valence electrons. The third-order valence-corrected chi connectivity index (χ3v) is 5.78. The summed E-state index contributed by atoms with van der Waals surface area (Å²) in [6.07, 6.45) is 11.8. The number of hydrogen-bond donors (Lipinski definition) is 1. The Balaban J connectivity index is 1.52. The van der Waals surface area contributed by atoms with Crippen LogP contribution in [-0.4, -0.2) is 39.0 Å². The number of pyridine rings is 1. The number of nitrogens with one attached hydrogen (secondary N) is 1. The van der Waals surface area contributed by atoms with Crippen molar-refractivity contribution in [3.05, 3.63) is 36.2 Å². The fraction of sp³-hybridized carbons (Fsp3) is 0.579. The minimum absolute atomic E-state index is 0.227. The van der Waals surface area contributed by atoms with E-state index < -0.39 is 0 Å². The lowest BCUT2D eigenvalue weighted by Gasteiger charge is -2.43. The molecule has 2 aromatic heterocycles. The van der Waals surface area contributed by atoms with Crippen LogP contribution in [0.25, 0.3) is 5.52 Å². The summed E-state index contributed by atoms with van der Waals surface area (Å²) in [5.41, 5.74) is 1.92. The predicted molar refractivity (Wildman–Crippen MR) is 93.7 cm³/mol. The Kier molecular flexibility index (Phi) is 4.27. The van der Waals surface area contributed by atoms with Crippen molar-refractivity contribution in [1.82, 2.24) is 19.8 Å². The zero-order valence-electron chi connectivity index (χ0n) is 14.2. The smallest absolute Gasteiger partial charge is 0.240 e. The molecule has 1 aliphatic carbocycles. The molecule has 1 amide bonds. The molecule has 1 N–H and O–H groups in total. The minimum Gasteiger partial charge on any atom is -0.350 e. The number of aromatic nitrogens is 2. The number of amides is 1. The van der Waals surface area contributed by atoms with E-state index in [9.17, 15) is 4.79 Å². The van der Waals surface area contributed by atoms with Crippen molar-refractivity contribution in [3.8, 4) is 0 Å². The lowest BCUT2D eigenvalue weighted by molar-refractivity contribution is -0.135. The van der Waals surface area contributed by atoms with E-state index in [2.05, 4.69) is 21.4 Å². The van der Waals surface area contributed by atoms with Gasteiger partial charge in [0.25, 0.3) is 0 Å². The first-order valence-corrected chi connectivity index (χ1v) is 9.24. The van der Waals surface area contributed by atoms with Gasteiger partial charge in [-0.1, -0.05) is 25.3 Å². The van der Waals surface area contributed by atoms with E-state index in [0.717, 1.165) is 37.0 Å². The first-order chi connectivity index (χ1) is 11.8. The Bertz CT molecular complexity index is 711. The van der Waals surface area contributed by atoms with Gasteiger partial charge in [0.05, 0.1) is 5.52 Å². The molecule has 3 heterocycles. The molecule has 2 aliphatic rings. The molecule has 24 heavy (non-hydrogen) atoms. The molecule has 0 atom stereocenters. The number of carbonyl (C=O) groups excluding carboxylic acids is 1. The molecule has 5 heteroatoms. The quantitative estimate of drug-likeness (QED) is 0.940. The molecule has 0 bridgehead atoms. The van der Waals surface area contributed by atoms with Gasteiger partial charge in [0.2, 0.25) is 5.91 Å². The molecular weight excluding hydrogens is 300 g/mol. The molecule has 1 saturated heterocycles. The molecule has 2 aromatic rings. The summed E-state index contributed by atoms with van der Waals surface area (Å²) in [5, 5.41) is 7.52. The predicted octanol–water partition coefficient (Wildman–Crippen LogP) is 2.75. The van der Waals surface area contributed by atoms with Crippen molar-refractivity contribution in [2.45, 2.75) is 57.0 Å². The lowest BCUT2D eigenvalue weighted by Crippen LogP contribution is -2.58. The summed E-state index contributed by atoms with van der Waals surface area (Å²) < 4.78 is 1.86. The van der Waals surface area contributed by atoms with Crippen LogP contribution in [0.1, 0.15) is 50.5 Å². The van der Waals surface area contributed by atoms with Gasteiger partial charge < -0.3 is 5.32 Å². The molecule has 2 fully saturated rings. The normalized spacial score (nSPS) is 21.2. The minimum atomic E-state index is -0.264. The summed E-state index contributed by atoms with van der Waals surface area (Å²) >= 11 is 0. The van der Waals surface area contributed by atoms with Gasteiger partial charge in [-0.3, -0.25) is 9.69 Å². The largest absolute Gasteiger partial charge is 0.350 e. The Hall–Kier alpha value is -1.88. The first kappa shape index (κ1) is 15.6. The highest BCUT2D eigenvalue weighted by molar-refractivity contribution is 5.86. The van der Waals surface area contributed by atoms with Crippen LogP contribution in [-0.2, 0) is 11.3 Å². The number of carbonyl (C=O) groups is 1. The Morgan fingerprint density at radius 2 is 1.92 bits per heavy atom. The number of hydrogen-bond acceptors (Lipinski definition) is 3. The van der Waals surface area contributed by atoms with Gasteiger partial charge in [-0.25, -0.2) is 4.52 Å². The van der Waals surface area contributed by atoms with Crippen molar-refractivity contribution < 1.29 is 4.79 Å². The topological polar surface area (TPSA) is 49.6 Å². The average Bonchev–Trinajstić information content (AvgIpc) is 3.31. The molecule has 0 radical (unpaired) electrons. The molecule has 1 saturated carbocycles. The van der Waals surface area contributed by atoms with E-state index in [4.69, 9.17) is 0 Å². The zero-order valence-corrected chi connectivity index (χ0v) is 14.2. The first-order valence-electron chi connectivity index (χ1n) is 9.24. The number of fused-ring (bicyclic) bond motifs is 1. The maximum absolute atomic E-state index is 13.2. The zero-order chi connectivity index (χ0) is 16.4. The van der Waals surface area contributed by atoms with Gasteiger partial charge in [-0.15, -0.1) is 0 Å². The van der Waals surface area contributed by atoms with Crippen LogP contribution >= 0.6 is 0 Å². The maximum Gasteiger partial charge on any atom is 0.240 e. The van der Waals surface area contributed by atoms with Gasteiger partial charge in [-0.2, -0.15) is 5.10 Å². The van der Waals surface area contributed by atoms with Crippen molar-refractivity contribution >= 4 is 11.4 Å². The van der Waals surface area contributed by atoms with Gasteiger partial charge in [0.15, 0.2) is 0 Å². The van der Waals surface area contributed by atoms with Crippen LogP contribution in [0.5, 0.6) is 0 Å². The summed E-state index contributed by atoms with van der Waals surface area (Å²) in [7, 11) is 0. The third kappa shape index (κ3) is 2.71. The molecule has 0 spiro atoms. The van der Waals surface area contributed by atoms with Crippen LogP contribution < -0.4 is 5.32 Å². The second kappa shape index (κ2) is 6.55. The number of rotatable bonds is 4. The molecule has 1 aliphatic heterocycles. The van der Waals surface area contributed by atoms with Gasteiger partial charge in [-0.05, 0) is 56.5 Å². The summed E-state index contributed by atoms with van der Waals surface area (Å²) in [5.74, 6) is 0.227. The van der Waals surface area contributed by atoms with E-state index in [1.54, 1.807) is 6.20 Å². The second-order valence-electron chi connectivity index (χ2n) is 7.16. The van der Waals surface area contributed by atoms with Crippen molar-refractivity contribution in [1.29, 1.82) is 0 Å². The second-order valence-corrected chi connectivity index (χ2v) is 7.16. The molecule has 5 nitrogen and oxygen atoms in total. The Morgan fingerprint density at radius 1 is 1.12 bits per heavy atom. The highest BCUT2D eigenvalue weighted by Crippen LogP contribution is 2.36. The van der Waals surface area contributed by atoms with Crippen molar-refractivity contribution in [2.75, 3.05) is 13.1 Å². The molecular formula is C19H26N4O. The number of likely N-dealkylation sites (tertiary alicyclic amines) is 1. The average molecular weight is 326 g/mol. The van der Waals surface area contributed by atoms with Crippen LogP contribution in [0.3, 0.4) is 0 Å². The fourth-order valence-corrected chi connectivity index (χ4v) is 4.47. The molecule has 0 aromatic carbocycles. The van der Waals surface area contributed by atoms with Crippen LogP contribution in [0.4, 0.5) is 0 Å². The SMILES string of the molecule is O=C(NCc1cccn2nccc12)C1(N2CCCC2)CCCCC1. The van der Waals surface area contributed by atoms with Gasteiger partial charge >= 0.3 is 0 Å². The van der Waals surface area contributed by atoms with Crippen LogP contribution in [0.15, 0.2) is 30.6 Å². The van der Waals surface area contributed by atoms with E-state index in [-0.39, 0.29) is 11.4 Å². The van der Waals surface area contributed by atoms with Crippen LogP contribution in [0.2, 0.25) is 0 Å². The van der Waals surface area contributed by atoms with E-state index in [1.807, 2.05) is 22.8 Å². The highest BCUT2D eigenvalue weighted by Gasteiger charge is 2.45. The monoisotopic (exact) mass is 326 g/mol. The number of nitrogens with zero attached hydrogens (tertiary/aromatic N) is 3. The molecule has 4 rings (SSSR count). The van der Waals surface area contributed by atoms with Gasteiger partial charge in [0, 0.05) is 18.9 Å². The summed E-state index contributed by atoms with van der Waals surface area (Å²) in [6.45, 7) is 2.72. The Morgan fingerprint density at radius 3 is 2.71 bits per heavy atom. The molecule has 0 unspecified atom stereocenters. The third-order valence-electron chi connectivity index (χ3n) is 5.78. The summed E-state index contributed by atoms with van der Waals surface area (Å²) in [4.78, 5) is 15.6. The van der Waals surface area contributed by atoms with Crippen molar-refractivity contribution in [2.24, 2.45) is 0 Å². The fourth-order valence-electron chi connectivity index (χ4n) is 4.47. The van der Waals surface area contributed by atoms with E-state index >= 15 is 0 Å². The standard InChI is InChI=1S/C19H26N4O/c24-18(19(9-2-1-3-10-19)22-12-4-5-13-22)20-15-16-7-6-14-23-17(16)8-11-21-23/h6-8,11,14H,1-5,9-10,12-13,15H2,(H,20,24). The maximum atomic E-state index is 13.2. The summed E-state index contributed by atoms with van der Waals surface area (Å²) in [6, 6.07) is 6.05.